The van der Waals surface area contributed by atoms with E-state index in [4.69, 9.17) is 5.73 Å². The lowest BCUT2D eigenvalue weighted by Crippen LogP contribution is -2.48. The molecule has 0 aromatic rings. The van der Waals surface area contributed by atoms with Crippen LogP contribution in [0.5, 0.6) is 0 Å². The van der Waals surface area contributed by atoms with Gasteiger partial charge in [-0.3, -0.25) is 0 Å². The molecule has 0 bridgehead atoms. The van der Waals surface area contributed by atoms with E-state index >= 15 is 0 Å². The second-order valence-corrected chi connectivity index (χ2v) is 2.97. The molecule has 0 amide bonds. The maximum Gasteiger partial charge on any atom is 0.0103 e. The van der Waals surface area contributed by atoms with E-state index < -0.39 is 0 Å². The van der Waals surface area contributed by atoms with Crippen LogP contribution < -0.4 is 16.4 Å². The summed E-state index contributed by atoms with van der Waals surface area (Å²) in [5.74, 6) is 0.624. The fourth-order valence-electron chi connectivity index (χ4n) is 1.43. The summed E-state index contributed by atoms with van der Waals surface area (Å²) in [7, 11) is 1.97. The molecule has 0 aromatic heterocycles. The Kier molecular flexibility index (Phi) is 5.86. The van der Waals surface area contributed by atoms with Crippen LogP contribution in [0.3, 0.4) is 0 Å². The molecule has 11 heavy (non-hydrogen) atoms. The van der Waals surface area contributed by atoms with Crippen molar-refractivity contribution in [2.75, 3.05) is 26.7 Å². The molecule has 0 saturated carbocycles. The third-order valence-corrected chi connectivity index (χ3v) is 2.13. The largest absolute Gasteiger partial charge is 0.327 e. The first-order chi connectivity index (χ1) is 4.84. The van der Waals surface area contributed by atoms with Gasteiger partial charge in [-0.25, -0.2) is 0 Å². The molecule has 4 heteroatoms. The van der Waals surface area contributed by atoms with Crippen LogP contribution in [-0.4, -0.2) is 32.7 Å². The van der Waals surface area contributed by atoms with Crippen LogP contribution in [0.2, 0.25) is 0 Å². The van der Waals surface area contributed by atoms with Gasteiger partial charge < -0.3 is 16.4 Å². The van der Waals surface area contributed by atoms with E-state index in [1.165, 1.54) is 0 Å². The van der Waals surface area contributed by atoms with Crippen molar-refractivity contribution >= 4 is 12.4 Å². The van der Waals surface area contributed by atoms with Gasteiger partial charge in [0, 0.05) is 19.1 Å². The Morgan fingerprint density at radius 3 is 2.91 bits per heavy atom. The Hall–Kier alpha value is 0.170. The Balaban J connectivity index is 0.000001000. The molecule has 2 atom stereocenters. The van der Waals surface area contributed by atoms with Gasteiger partial charge in [-0.1, -0.05) is 0 Å². The monoisotopic (exact) mass is 179 g/mol. The van der Waals surface area contributed by atoms with Crippen LogP contribution in [0.25, 0.3) is 0 Å². The van der Waals surface area contributed by atoms with Crippen LogP contribution >= 0.6 is 12.4 Å². The Bertz CT molecular complexity index is 97.7. The smallest absolute Gasteiger partial charge is 0.0103 e. The molecule has 0 radical (unpaired) electrons. The van der Waals surface area contributed by atoms with Crippen molar-refractivity contribution < 1.29 is 0 Å². The molecule has 1 saturated heterocycles. The molecule has 1 fully saturated rings. The van der Waals surface area contributed by atoms with Crippen molar-refractivity contribution in [3.63, 3.8) is 0 Å². The highest BCUT2D eigenvalue weighted by Crippen LogP contribution is 2.06. The quantitative estimate of drug-likeness (QED) is 0.539. The van der Waals surface area contributed by atoms with E-state index in [0.29, 0.717) is 12.0 Å². The highest BCUT2D eigenvalue weighted by atomic mass is 35.5. The molecule has 0 aromatic carbocycles. The van der Waals surface area contributed by atoms with E-state index in [9.17, 15) is 0 Å². The summed E-state index contributed by atoms with van der Waals surface area (Å²) < 4.78 is 0. The summed E-state index contributed by atoms with van der Waals surface area (Å²) in [5.41, 5.74) is 5.89. The second-order valence-electron chi connectivity index (χ2n) is 2.97. The molecule has 1 aliphatic rings. The van der Waals surface area contributed by atoms with Gasteiger partial charge in [-0.2, -0.15) is 0 Å². The fourth-order valence-corrected chi connectivity index (χ4v) is 1.43. The SMILES string of the molecule is CNCC1CNCCC1N.Cl. The second kappa shape index (κ2) is 5.77. The Morgan fingerprint density at radius 1 is 1.64 bits per heavy atom. The van der Waals surface area contributed by atoms with Gasteiger partial charge >= 0.3 is 0 Å². The molecule has 2 unspecified atom stereocenters. The molecule has 0 aliphatic carbocycles. The molecule has 1 heterocycles. The zero-order valence-corrected chi connectivity index (χ0v) is 7.79. The minimum absolute atomic E-state index is 0. The van der Waals surface area contributed by atoms with Gasteiger partial charge in [0.25, 0.3) is 0 Å². The van der Waals surface area contributed by atoms with E-state index in [2.05, 4.69) is 10.6 Å². The standard InChI is InChI=1S/C7H17N3.ClH/c1-9-4-6-5-10-3-2-7(6)8;/h6-7,9-10H,2-5,8H2,1H3;1H. The van der Waals surface area contributed by atoms with Gasteiger partial charge in [0.2, 0.25) is 0 Å². The number of halogens is 1. The van der Waals surface area contributed by atoms with E-state index in [1.807, 2.05) is 7.05 Å². The normalized spacial score (nSPS) is 31.1. The lowest BCUT2D eigenvalue weighted by Gasteiger charge is -2.28. The van der Waals surface area contributed by atoms with Crippen LogP contribution in [0, 0.1) is 5.92 Å². The van der Waals surface area contributed by atoms with Crippen molar-refractivity contribution in [1.82, 2.24) is 10.6 Å². The van der Waals surface area contributed by atoms with Gasteiger partial charge in [-0.15, -0.1) is 12.4 Å². The number of piperidine rings is 1. The predicted molar refractivity (Wildman–Crippen MR) is 50.1 cm³/mol. The number of rotatable bonds is 2. The summed E-state index contributed by atoms with van der Waals surface area (Å²) in [6.45, 7) is 3.19. The molecule has 3 nitrogen and oxygen atoms in total. The van der Waals surface area contributed by atoms with E-state index in [-0.39, 0.29) is 12.4 Å². The molecule has 1 rings (SSSR count). The first-order valence-corrected chi connectivity index (χ1v) is 3.95. The Labute approximate surface area is 74.5 Å². The summed E-state index contributed by atoms with van der Waals surface area (Å²) in [5, 5.41) is 6.48. The van der Waals surface area contributed by atoms with E-state index in [0.717, 1.165) is 26.1 Å². The first-order valence-electron chi connectivity index (χ1n) is 3.95. The number of nitrogens with one attached hydrogen (secondary N) is 2. The minimum atomic E-state index is 0. The van der Waals surface area contributed by atoms with E-state index in [1.54, 1.807) is 0 Å². The Morgan fingerprint density at radius 2 is 2.36 bits per heavy atom. The number of hydrogen-bond donors (Lipinski definition) is 3. The maximum atomic E-state index is 5.89. The van der Waals surface area contributed by atoms with Crippen molar-refractivity contribution in [2.24, 2.45) is 11.7 Å². The van der Waals surface area contributed by atoms with Crippen LogP contribution in [-0.2, 0) is 0 Å². The topological polar surface area (TPSA) is 50.1 Å². The first kappa shape index (κ1) is 11.2. The van der Waals surface area contributed by atoms with Crippen LogP contribution in [0.1, 0.15) is 6.42 Å². The fraction of sp³-hybridized carbons (Fsp3) is 1.00. The minimum Gasteiger partial charge on any atom is -0.327 e. The molecule has 4 N–H and O–H groups in total. The summed E-state index contributed by atoms with van der Waals surface area (Å²) in [6, 6.07) is 0.397. The lowest BCUT2D eigenvalue weighted by atomic mass is 9.94. The van der Waals surface area contributed by atoms with Crippen molar-refractivity contribution in [2.45, 2.75) is 12.5 Å². The van der Waals surface area contributed by atoms with Gasteiger partial charge in [0.15, 0.2) is 0 Å². The average Bonchev–Trinajstić information content (AvgIpc) is 1.94. The van der Waals surface area contributed by atoms with Gasteiger partial charge in [0.1, 0.15) is 0 Å². The van der Waals surface area contributed by atoms with Crippen LogP contribution in [0.4, 0.5) is 0 Å². The molecular weight excluding hydrogens is 162 g/mol. The van der Waals surface area contributed by atoms with Crippen LogP contribution in [0.15, 0.2) is 0 Å². The third kappa shape index (κ3) is 3.38. The molecular formula is C7H18ClN3. The maximum absolute atomic E-state index is 5.89. The summed E-state index contributed by atoms with van der Waals surface area (Å²) >= 11 is 0. The third-order valence-electron chi connectivity index (χ3n) is 2.13. The summed E-state index contributed by atoms with van der Waals surface area (Å²) in [4.78, 5) is 0. The van der Waals surface area contributed by atoms with Crippen molar-refractivity contribution in [3.05, 3.63) is 0 Å². The van der Waals surface area contributed by atoms with Crippen molar-refractivity contribution in [1.29, 1.82) is 0 Å². The van der Waals surface area contributed by atoms with Gasteiger partial charge in [-0.05, 0) is 25.9 Å². The molecule has 1 aliphatic heterocycles. The highest BCUT2D eigenvalue weighted by Gasteiger charge is 2.19. The average molecular weight is 180 g/mol. The molecule has 68 valence electrons. The number of nitrogens with two attached hydrogens (primary N) is 1. The summed E-state index contributed by atoms with van der Waals surface area (Å²) in [6.07, 6.45) is 1.12. The van der Waals surface area contributed by atoms with Crippen molar-refractivity contribution in [3.8, 4) is 0 Å². The predicted octanol–water partition coefficient (Wildman–Crippen LogP) is -0.436. The molecule has 0 spiro atoms. The lowest BCUT2D eigenvalue weighted by molar-refractivity contribution is 0.320. The zero-order valence-electron chi connectivity index (χ0n) is 6.97. The number of hydrogen-bond acceptors (Lipinski definition) is 3. The van der Waals surface area contributed by atoms with Gasteiger partial charge in [0.05, 0.1) is 0 Å². The highest BCUT2D eigenvalue weighted by molar-refractivity contribution is 5.85. The zero-order chi connectivity index (χ0) is 7.40.